The molecule has 0 aromatic heterocycles. The van der Waals surface area contributed by atoms with E-state index in [1.165, 1.54) is 257 Å². The summed E-state index contributed by atoms with van der Waals surface area (Å²) in [5.74, 6) is -0.581. The third-order valence-corrected chi connectivity index (χ3v) is 15.0. The second-order valence-corrected chi connectivity index (χ2v) is 22.5. The monoisotopic (exact) mass is 1060 g/mol. The number of carbonyl (C=O) groups is 2. The van der Waals surface area contributed by atoms with Crippen molar-refractivity contribution >= 4 is 11.9 Å². The number of carbonyl (C=O) groups excluding carboxylic acids is 2. The lowest BCUT2D eigenvalue weighted by Gasteiger charge is -2.15. The molecular formula is C71H128O5. The minimum Gasteiger partial charge on any atom is -0.462 e. The van der Waals surface area contributed by atoms with Crippen LogP contribution in [0.15, 0.2) is 72.9 Å². The van der Waals surface area contributed by atoms with Crippen molar-refractivity contribution in [3.8, 4) is 0 Å². The van der Waals surface area contributed by atoms with Gasteiger partial charge in [0.15, 0.2) is 6.10 Å². The van der Waals surface area contributed by atoms with Crippen molar-refractivity contribution in [2.75, 3.05) is 13.2 Å². The van der Waals surface area contributed by atoms with Gasteiger partial charge in [-0.3, -0.25) is 9.59 Å². The van der Waals surface area contributed by atoms with Gasteiger partial charge in [-0.25, -0.2) is 0 Å². The lowest BCUT2D eigenvalue weighted by molar-refractivity contribution is -0.161. The number of ether oxygens (including phenoxy) is 2. The quantitative estimate of drug-likeness (QED) is 0.0373. The summed E-state index contributed by atoms with van der Waals surface area (Å²) in [5, 5.41) is 9.69. The Balaban J connectivity index is 3.43. The number of hydrogen-bond acceptors (Lipinski definition) is 5. The van der Waals surface area contributed by atoms with Gasteiger partial charge < -0.3 is 14.6 Å². The van der Waals surface area contributed by atoms with Crippen molar-refractivity contribution in [3.05, 3.63) is 72.9 Å². The molecule has 1 N–H and O–H groups in total. The minimum atomic E-state index is -0.776. The lowest BCUT2D eigenvalue weighted by atomic mass is 10.0. The van der Waals surface area contributed by atoms with Crippen LogP contribution in [0.1, 0.15) is 348 Å². The molecule has 0 heterocycles. The van der Waals surface area contributed by atoms with Gasteiger partial charge in [0, 0.05) is 12.8 Å². The molecule has 5 heteroatoms. The van der Waals surface area contributed by atoms with E-state index in [4.69, 9.17) is 9.47 Å². The number of esters is 2. The number of unbranched alkanes of at least 4 members (excludes halogenated alkanes) is 42. The third kappa shape index (κ3) is 63.9. The third-order valence-electron chi connectivity index (χ3n) is 15.0. The van der Waals surface area contributed by atoms with Gasteiger partial charge in [-0.15, -0.1) is 0 Å². The van der Waals surface area contributed by atoms with Gasteiger partial charge in [-0.05, 0) is 89.9 Å². The molecule has 1 atom stereocenters. The predicted molar refractivity (Wildman–Crippen MR) is 334 cm³/mol. The first-order chi connectivity index (χ1) is 37.6. The average molecular weight is 1060 g/mol. The van der Waals surface area contributed by atoms with E-state index >= 15 is 0 Å². The fraction of sp³-hybridized carbons (Fsp3) is 0.803. The molecule has 0 amide bonds. The molecule has 0 aromatic carbocycles. The van der Waals surface area contributed by atoms with E-state index in [1.54, 1.807) is 0 Å². The standard InChI is InChI=1S/C71H128O5/c1-3-5-7-9-11-13-15-17-19-21-23-25-27-29-30-31-32-33-34-35-36-37-38-39-40-42-44-46-48-50-52-54-56-58-60-62-64-66-71(74)76-69(67-72)68-75-70(73)65-63-61-59-57-55-53-51-49-47-45-43-41-28-26-24-22-20-18-16-14-12-10-8-6-4-2/h15-18,21-24,27-29,41,69,72H,3-14,19-20,25-26,30-40,42-68H2,1-2H3/b17-15-,18-16-,23-21-,24-22-,29-27-,41-28-. The molecule has 5 nitrogen and oxygen atoms in total. The van der Waals surface area contributed by atoms with E-state index in [0.717, 1.165) is 64.2 Å². The molecule has 0 radical (unpaired) electrons. The molecule has 442 valence electrons. The van der Waals surface area contributed by atoms with E-state index < -0.39 is 6.10 Å². The van der Waals surface area contributed by atoms with Crippen LogP contribution in [0.4, 0.5) is 0 Å². The van der Waals surface area contributed by atoms with E-state index in [0.29, 0.717) is 12.8 Å². The zero-order valence-electron chi connectivity index (χ0n) is 50.8. The van der Waals surface area contributed by atoms with Gasteiger partial charge in [0.1, 0.15) is 6.61 Å². The van der Waals surface area contributed by atoms with Crippen LogP contribution in [0.2, 0.25) is 0 Å². The van der Waals surface area contributed by atoms with Crippen LogP contribution < -0.4 is 0 Å². The Kier molecular flexibility index (Phi) is 64.3. The molecule has 0 bridgehead atoms. The molecular weight excluding hydrogens is 933 g/mol. The zero-order valence-corrected chi connectivity index (χ0v) is 50.8. The molecule has 0 saturated carbocycles. The summed E-state index contributed by atoms with van der Waals surface area (Å²) in [6, 6.07) is 0. The maximum absolute atomic E-state index is 12.4. The van der Waals surface area contributed by atoms with Crippen LogP contribution >= 0.6 is 0 Å². The molecule has 0 spiro atoms. The van der Waals surface area contributed by atoms with E-state index in [2.05, 4.69) is 86.8 Å². The predicted octanol–water partition coefficient (Wildman–Crippen LogP) is 23.1. The molecule has 0 aliphatic heterocycles. The van der Waals surface area contributed by atoms with E-state index in [9.17, 15) is 14.7 Å². The topological polar surface area (TPSA) is 72.8 Å². The number of aliphatic hydroxyl groups is 1. The first-order valence-corrected chi connectivity index (χ1v) is 33.5. The average Bonchev–Trinajstić information content (AvgIpc) is 3.42. The summed E-state index contributed by atoms with van der Waals surface area (Å²) in [6.45, 7) is 4.15. The number of rotatable bonds is 62. The Bertz CT molecular complexity index is 1340. The van der Waals surface area contributed by atoms with Crippen molar-refractivity contribution < 1.29 is 24.2 Å². The second-order valence-electron chi connectivity index (χ2n) is 22.5. The summed E-state index contributed by atoms with van der Waals surface area (Å²) in [6.07, 6.45) is 92.0. The highest BCUT2D eigenvalue weighted by Gasteiger charge is 2.16. The van der Waals surface area contributed by atoms with Gasteiger partial charge in [0.2, 0.25) is 0 Å². The van der Waals surface area contributed by atoms with E-state index in [1.807, 2.05) is 0 Å². The molecule has 0 aromatic rings. The van der Waals surface area contributed by atoms with Gasteiger partial charge in [-0.1, -0.05) is 318 Å². The Labute approximate surface area is 473 Å². The Hall–Kier alpha value is -2.66. The second kappa shape index (κ2) is 66.6. The summed E-state index contributed by atoms with van der Waals surface area (Å²) < 4.78 is 10.7. The summed E-state index contributed by atoms with van der Waals surface area (Å²) in [5.41, 5.74) is 0. The first-order valence-electron chi connectivity index (χ1n) is 33.5. The Morgan fingerprint density at radius 3 is 0.789 bits per heavy atom. The van der Waals surface area contributed by atoms with Crippen molar-refractivity contribution in [2.45, 2.75) is 354 Å². The van der Waals surface area contributed by atoms with Crippen LogP contribution in [-0.2, 0) is 19.1 Å². The molecule has 0 saturated heterocycles. The van der Waals surface area contributed by atoms with Crippen molar-refractivity contribution in [1.29, 1.82) is 0 Å². The van der Waals surface area contributed by atoms with Crippen molar-refractivity contribution in [2.24, 2.45) is 0 Å². The summed E-state index contributed by atoms with van der Waals surface area (Å²) in [7, 11) is 0. The Morgan fingerprint density at radius 1 is 0.303 bits per heavy atom. The molecule has 0 fully saturated rings. The maximum Gasteiger partial charge on any atom is 0.306 e. The van der Waals surface area contributed by atoms with Crippen LogP contribution in [0.25, 0.3) is 0 Å². The summed E-state index contributed by atoms with van der Waals surface area (Å²) in [4.78, 5) is 24.6. The van der Waals surface area contributed by atoms with Gasteiger partial charge >= 0.3 is 11.9 Å². The van der Waals surface area contributed by atoms with Crippen LogP contribution in [-0.4, -0.2) is 36.4 Å². The Morgan fingerprint density at radius 2 is 0.526 bits per heavy atom. The molecule has 76 heavy (non-hydrogen) atoms. The zero-order chi connectivity index (χ0) is 54.8. The van der Waals surface area contributed by atoms with Crippen molar-refractivity contribution in [3.63, 3.8) is 0 Å². The van der Waals surface area contributed by atoms with Gasteiger partial charge in [-0.2, -0.15) is 0 Å². The molecule has 0 aliphatic carbocycles. The van der Waals surface area contributed by atoms with Gasteiger partial charge in [0.05, 0.1) is 6.61 Å². The van der Waals surface area contributed by atoms with E-state index in [-0.39, 0.29) is 25.2 Å². The lowest BCUT2D eigenvalue weighted by Crippen LogP contribution is -2.28. The van der Waals surface area contributed by atoms with Crippen molar-refractivity contribution in [1.82, 2.24) is 0 Å². The largest absolute Gasteiger partial charge is 0.462 e. The molecule has 0 aliphatic rings. The highest BCUT2D eigenvalue weighted by molar-refractivity contribution is 5.70. The summed E-state index contributed by atoms with van der Waals surface area (Å²) >= 11 is 0. The number of aliphatic hydroxyl groups excluding tert-OH is 1. The number of hydrogen-bond donors (Lipinski definition) is 1. The van der Waals surface area contributed by atoms with Crippen LogP contribution in [0.5, 0.6) is 0 Å². The molecule has 1 unspecified atom stereocenters. The highest BCUT2D eigenvalue weighted by Crippen LogP contribution is 2.18. The highest BCUT2D eigenvalue weighted by atomic mass is 16.6. The molecule has 0 rings (SSSR count). The smallest absolute Gasteiger partial charge is 0.306 e. The first kappa shape index (κ1) is 73.3. The van der Waals surface area contributed by atoms with Gasteiger partial charge in [0.25, 0.3) is 0 Å². The fourth-order valence-corrected chi connectivity index (χ4v) is 9.93. The minimum absolute atomic E-state index is 0.0665. The maximum atomic E-state index is 12.4. The normalized spacial score (nSPS) is 12.6. The number of allylic oxidation sites excluding steroid dienone is 12. The van der Waals surface area contributed by atoms with Crippen LogP contribution in [0.3, 0.4) is 0 Å². The SMILES string of the molecule is CCCCCCC/C=C\C/C=C\C/C=C\CCCCCCCCCCCCCCCCCCCCCCCCC(=O)OC(CO)COC(=O)CCCCCCCCCCCC/C=C\C/C=C\C/C=C\CCCCCCC. The fourth-order valence-electron chi connectivity index (χ4n) is 9.93. The van der Waals surface area contributed by atoms with Crippen LogP contribution in [0, 0.1) is 0 Å².